The minimum atomic E-state index is 0.626. The zero-order chi connectivity index (χ0) is 12.4. The summed E-state index contributed by atoms with van der Waals surface area (Å²) in [5, 5.41) is 3.59. The molecule has 1 aliphatic rings. The van der Waals surface area contributed by atoms with Crippen molar-refractivity contribution >= 4 is 16.7 Å². The number of hydrogen-bond donors (Lipinski definition) is 2. The lowest BCUT2D eigenvalue weighted by molar-refractivity contribution is 0.403. The van der Waals surface area contributed by atoms with Crippen LogP contribution in [-0.2, 0) is 0 Å². The Morgan fingerprint density at radius 2 is 2.33 bits per heavy atom. The first-order valence-corrected chi connectivity index (χ1v) is 6.70. The molecule has 1 unspecified atom stereocenters. The maximum Gasteiger partial charge on any atom is 0.0931 e. The van der Waals surface area contributed by atoms with Gasteiger partial charge >= 0.3 is 0 Å². The maximum absolute atomic E-state index is 4.25. The Bertz CT molecular complexity index is 513. The summed E-state index contributed by atoms with van der Waals surface area (Å²) in [6.07, 6.45) is 5.71. The van der Waals surface area contributed by atoms with Crippen molar-refractivity contribution in [2.75, 3.05) is 25.0 Å². The van der Waals surface area contributed by atoms with Crippen LogP contribution in [0.4, 0.5) is 5.69 Å². The van der Waals surface area contributed by atoms with Crippen molar-refractivity contribution in [2.45, 2.75) is 25.3 Å². The highest BCUT2D eigenvalue weighted by Crippen LogP contribution is 2.19. The molecule has 1 saturated heterocycles. The van der Waals surface area contributed by atoms with E-state index in [9.17, 15) is 0 Å². The molecule has 1 aliphatic heterocycles. The normalized spacial score (nSPS) is 20.2. The lowest BCUT2D eigenvalue weighted by Gasteiger charge is -2.29. The molecule has 3 rings (SSSR count). The van der Waals surface area contributed by atoms with Gasteiger partial charge < -0.3 is 15.2 Å². The fourth-order valence-corrected chi connectivity index (χ4v) is 2.68. The molecule has 18 heavy (non-hydrogen) atoms. The van der Waals surface area contributed by atoms with Crippen molar-refractivity contribution in [2.24, 2.45) is 0 Å². The molecule has 96 valence electrons. The van der Waals surface area contributed by atoms with Crippen molar-refractivity contribution < 1.29 is 0 Å². The highest BCUT2D eigenvalue weighted by atomic mass is 15.1. The van der Waals surface area contributed by atoms with E-state index >= 15 is 0 Å². The summed E-state index contributed by atoms with van der Waals surface area (Å²) in [7, 11) is 2.16. The van der Waals surface area contributed by atoms with Crippen molar-refractivity contribution in [3.05, 3.63) is 24.5 Å². The zero-order valence-corrected chi connectivity index (χ0v) is 10.8. The molecule has 1 atom stereocenters. The predicted molar refractivity (Wildman–Crippen MR) is 75.0 cm³/mol. The molecule has 0 saturated carbocycles. The summed E-state index contributed by atoms with van der Waals surface area (Å²) in [6.45, 7) is 2.23. The van der Waals surface area contributed by atoms with Crippen LogP contribution in [0, 0.1) is 0 Å². The first-order valence-electron chi connectivity index (χ1n) is 6.70. The first kappa shape index (κ1) is 11.5. The third-order valence-corrected chi connectivity index (χ3v) is 3.75. The Morgan fingerprint density at radius 1 is 1.39 bits per heavy atom. The van der Waals surface area contributed by atoms with Gasteiger partial charge in [0.15, 0.2) is 0 Å². The second-order valence-electron chi connectivity index (χ2n) is 5.13. The van der Waals surface area contributed by atoms with Crippen LogP contribution in [-0.4, -0.2) is 36.1 Å². The van der Waals surface area contributed by atoms with Gasteiger partial charge in [-0.1, -0.05) is 6.42 Å². The summed E-state index contributed by atoms with van der Waals surface area (Å²) in [5.74, 6) is 0. The van der Waals surface area contributed by atoms with Crippen molar-refractivity contribution in [1.82, 2.24) is 15.3 Å². The summed E-state index contributed by atoms with van der Waals surface area (Å²) in [5.41, 5.74) is 3.39. The number of benzene rings is 1. The second kappa shape index (κ2) is 4.98. The summed E-state index contributed by atoms with van der Waals surface area (Å²) in [4.78, 5) is 9.74. The number of aromatic amines is 1. The Morgan fingerprint density at radius 3 is 3.17 bits per heavy atom. The number of rotatable bonds is 3. The molecule has 0 spiro atoms. The maximum atomic E-state index is 4.25. The molecule has 4 nitrogen and oxygen atoms in total. The fraction of sp³-hybridized carbons (Fsp3) is 0.500. The molecule has 1 fully saturated rings. The van der Waals surface area contributed by atoms with Crippen LogP contribution < -0.4 is 10.2 Å². The van der Waals surface area contributed by atoms with Gasteiger partial charge in [0.25, 0.3) is 0 Å². The SMILES string of the molecule is CN(CC1CCCCN1)c1ccc2nc[nH]c2c1. The average Bonchev–Trinajstić information content (AvgIpc) is 2.87. The molecule has 1 aromatic carbocycles. The Kier molecular flexibility index (Phi) is 3.19. The number of hydrogen-bond acceptors (Lipinski definition) is 3. The molecule has 0 aliphatic carbocycles. The highest BCUT2D eigenvalue weighted by Gasteiger charge is 2.15. The van der Waals surface area contributed by atoms with Gasteiger partial charge in [-0.2, -0.15) is 0 Å². The van der Waals surface area contributed by atoms with E-state index in [2.05, 4.69) is 45.4 Å². The van der Waals surface area contributed by atoms with E-state index in [1.807, 2.05) is 0 Å². The standard InChI is InChI=1S/C14H20N4/c1-18(9-11-4-2-3-7-15-11)12-5-6-13-14(8-12)17-10-16-13/h5-6,8,10-11,15H,2-4,7,9H2,1H3,(H,16,17). The lowest BCUT2D eigenvalue weighted by Crippen LogP contribution is -2.42. The van der Waals surface area contributed by atoms with Crippen LogP contribution in [0.5, 0.6) is 0 Å². The van der Waals surface area contributed by atoms with Crippen LogP contribution in [0.3, 0.4) is 0 Å². The van der Waals surface area contributed by atoms with Crippen LogP contribution >= 0.6 is 0 Å². The second-order valence-corrected chi connectivity index (χ2v) is 5.13. The number of H-pyrrole nitrogens is 1. The van der Waals surface area contributed by atoms with Gasteiger partial charge in [0.05, 0.1) is 17.4 Å². The predicted octanol–water partition coefficient (Wildman–Crippen LogP) is 2.14. The molecule has 4 heteroatoms. The Labute approximate surface area is 107 Å². The van der Waals surface area contributed by atoms with Gasteiger partial charge in [0, 0.05) is 25.3 Å². The van der Waals surface area contributed by atoms with Crippen molar-refractivity contribution in [1.29, 1.82) is 0 Å². The van der Waals surface area contributed by atoms with E-state index in [-0.39, 0.29) is 0 Å². The Balaban J connectivity index is 1.72. The number of aromatic nitrogens is 2. The van der Waals surface area contributed by atoms with E-state index in [1.54, 1.807) is 6.33 Å². The van der Waals surface area contributed by atoms with Crippen molar-refractivity contribution in [3.63, 3.8) is 0 Å². The molecule has 0 amide bonds. The fourth-order valence-electron chi connectivity index (χ4n) is 2.68. The summed E-state index contributed by atoms with van der Waals surface area (Å²) >= 11 is 0. The van der Waals surface area contributed by atoms with Crippen LogP contribution in [0.25, 0.3) is 11.0 Å². The van der Waals surface area contributed by atoms with Gasteiger partial charge in [-0.3, -0.25) is 0 Å². The molecule has 0 bridgehead atoms. The summed E-state index contributed by atoms with van der Waals surface area (Å²) < 4.78 is 0. The highest BCUT2D eigenvalue weighted by molar-refractivity contribution is 5.78. The quantitative estimate of drug-likeness (QED) is 0.869. The average molecular weight is 244 g/mol. The van der Waals surface area contributed by atoms with E-state index in [0.717, 1.165) is 24.1 Å². The smallest absolute Gasteiger partial charge is 0.0931 e. The Hall–Kier alpha value is -1.55. The molecule has 1 aromatic heterocycles. The molecule has 0 radical (unpaired) electrons. The summed E-state index contributed by atoms with van der Waals surface area (Å²) in [6, 6.07) is 7.02. The van der Waals surface area contributed by atoms with Gasteiger partial charge in [0.1, 0.15) is 0 Å². The number of likely N-dealkylation sites (N-methyl/N-ethyl adjacent to an activating group) is 1. The van der Waals surface area contributed by atoms with Gasteiger partial charge in [0.2, 0.25) is 0 Å². The number of fused-ring (bicyclic) bond motifs is 1. The molecular weight excluding hydrogens is 224 g/mol. The molecule has 2 aromatic rings. The number of imidazole rings is 1. The van der Waals surface area contributed by atoms with Gasteiger partial charge in [-0.25, -0.2) is 4.98 Å². The van der Waals surface area contributed by atoms with Crippen LogP contribution in [0.2, 0.25) is 0 Å². The van der Waals surface area contributed by atoms with Crippen LogP contribution in [0.1, 0.15) is 19.3 Å². The largest absolute Gasteiger partial charge is 0.373 e. The number of piperidine rings is 1. The third kappa shape index (κ3) is 2.34. The number of nitrogens with one attached hydrogen (secondary N) is 2. The van der Waals surface area contributed by atoms with Gasteiger partial charge in [-0.05, 0) is 37.6 Å². The van der Waals surface area contributed by atoms with E-state index in [0.29, 0.717) is 6.04 Å². The zero-order valence-electron chi connectivity index (χ0n) is 10.8. The minimum Gasteiger partial charge on any atom is -0.373 e. The topological polar surface area (TPSA) is 44.0 Å². The third-order valence-electron chi connectivity index (χ3n) is 3.75. The molecular formula is C14H20N4. The minimum absolute atomic E-state index is 0.626. The van der Waals surface area contributed by atoms with Crippen molar-refractivity contribution in [3.8, 4) is 0 Å². The molecule has 2 heterocycles. The van der Waals surface area contributed by atoms with E-state index in [4.69, 9.17) is 0 Å². The monoisotopic (exact) mass is 244 g/mol. The number of nitrogens with zero attached hydrogens (tertiary/aromatic N) is 2. The van der Waals surface area contributed by atoms with Crippen LogP contribution in [0.15, 0.2) is 24.5 Å². The van der Waals surface area contributed by atoms with E-state index in [1.165, 1.54) is 24.9 Å². The number of anilines is 1. The lowest BCUT2D eigenvalue weighted by atomic mass is 10.0. The van der Waals surface area contributed by atoms with Gasteiger partial charge in [-0.15, -0.1) is 0 Å². The first-order chi connectivity index (χ1) is 8.83. The molecule has 2 N–H and O–H groups in total. The van der Waals surface area contributed by atoms with E-state index < -0.39 is 0 Å².